The van der Waals surface area contributed by atoms with E-state index in [1.54, 1.807) is 13.3 Å². The molecule has 0 aromatic carbocycles. The highest BCUT2D eigenvalue weighted by molar-refractivity contribution is 5.31. The highest BCUT2D eigenvalue weighted by Crippen LogP contribution is 2.20. The van der Waals surface area contributed by atoms with Crippen molar-refractivity contribution in [2.24, 2.45) is 0 Å². The number of H-pyrrole nitrogens is 1. The van der Waals surface area contributed by atoms with E-state index in [1.165, 1.54) is 0 Å². The van der Waals surface area contributed by atoms with Crippen molar-refractivity contribution in [3.05, 3.63) is 23.6 Å². The second kappa shape index (κ2) is 3.08. The maximum Gasteiger partial charge on any atom is 0.318 e. The van der Waals surface area contributed by atoms with Crippen LogP contribution in [0.15, 0.2) is 10.7 Å². The van der Waals surface area contributed by atoms with Crippen molar-refractivity contribution >= 4 is 6.01 Å². The fourth-order valence-electron chi connectivity index (χ4n) is 1.79. The van der Waals surface area contributed by atoms with Gasteiger partial charge in [0.2, 0.25) is 5.89 Å². The number of imidazole rings is 1. The summed E-state index contributed by atoms with van der Waals surface area (Å²) in [6.45, 7) is 3.43. The maximum atomic E-state index is 5.38. The van der Waals surface area contributed by atoms with Crippen LogP contribution < -0.4 is 4.90 Å². The van der Waals surface area contributed by atoms with E-state index < -0.39 is 0 Å². The van der Waals surface area contributed by atoms with Crippen LogP contribution in [0.2, 0.25) is 0 Å². The van der Waals surface area contributed by atoms with Gasteiger partial charge in [-0.3, -0.25) is 0 Å². The van der Waals surface area contributed by atoms with E-state index in [0.29, 0.717) is 11.9 Å². The van der Waals surface area contributed by atoms with Gasteiger partial charge in [-0.15, -0.1) is 5.10 Å². The molecule has 0 bridgehead atoms. The molecular formula is C9H11N5O. The third-order valence-electron chi connectivity index (χ3n) is 2.56. The molecule has 3 rings (SSSR count). The minimum atomic E-state index is 0.591. The van der Waals surface area contributed by atoms with Crippen molar-refractivity contribution in [1.29, 1.82) is 0 Å². The molecule has 1 aliphatic heterocycles. The predicted octanol–water partition coefficient (Wildman–Crippen LogP) is 0.664. The Bertz CT molecular complexity index is 474. The first-order valence-electron chi connectivity index (χ1n) is 4.89. The molecule has 78 valence electrons. The van der Waals surface area contributed by atoms with Gasteiger partial charge in [-0.2, -0.15) is 0 Å². The zero-order chi connectivity index (χ0) is 10.3. The number of anilines is 1. The number of aromatic amines is 1. The Kier molecular flexibility index (Phi) is 1.74. The Labute approximate surface area is 86.3 Å². The van der Waals surface area contributed by atoms with E-state index in [1.807, 2.05) is 0 Å². The SMILES string of the molecule is Cc1nnc(N2CCc3nc[nH]c3C2)o1. The summed E-state index contributed by atoms with van der Waals surface area (Å²) < 4.78 is 5.38. The van der Waals surface area contributed by atoms with Crippen molar-refractivity contribution in [2.45, 2.75) is 19.9 Å². The lowest BCUT2D eigenvalue weighted by molar-refractivity contribution is 0.495. The van der Waals surface area contributed by atoms with Gasteiger partial charge < -0.3 is 14.3 Å². The van der Waals surface area contributed by atoms with Crippen LogP contribution in [0, 0.1) is 6.92 Å². The molecule has 3 heterocycles. The minimum Gasteiger partial charge on any atom is -0.408 e. The van der Waals surface area contributed by atoms with Gasteiger partial charge in [-0.1, -0.05) is 5.10 Å². The van der Waals surface area contributed by atoms with E-state index in [2.05, 4.69) is 25.1 Å². The zero-order valence-electron chi connectivity index (χ0n) is 8.40. The number of hydrogen-bond donors (Lipinski definition) is 1. The van der Waals surface area contributed by atoms with Gasteiger partial charge in [0, 0.05) is 19.9 Å². The monoisotopic (exact) mass is 205 g/mol. The van der Waals surface area contributed by atoms with Crippen LogP contribution in [-0.4, -0.2) is 26.7 Å². The summed E-state index contributed by atoms with van der Waals surface area (Å²) in [6.07, 6.45) is 2.65. The van der Waals surface area contributed by atoms with Crippen LogP contribution in [0.4, 0.5) is 6.01 Å². The van der Waals surface area contributed by atoms with Crippen LogP contribution in [0.3, 0.4) is 0 Å². The average Bonchev–Trinajstić information content (AvgIpc) is 2.84. The van der Waals surface area contributed by atoms with Gasteiger partial charge in [0.05, 0.1) is 24.3 Å². The average molecular weight is 205 g/mol. The van der Waals surface area contributed by atoms with E-state index in [0.717, 1.165) is 30.9 Å². The standard InChI is InChI=1S/C9H11N5O/c1-6-12-13-9(15-6)14-3-2-7-8(4-14)11-5-10-7/h5H,2-4H2,1H3,(H,10,11). The Morgan fingerprint density at radius 2 is 2.40 bits per heavy atom. The minimum absolute atomic E-state index is 0.591. The molecule has 15 heavy (non-hydrogen) atoms. The predicted molar refractivity (Wildman–Crippen MR) is 52.4 cm³/mol. The normalized spacial score (nSPS) is 15.4. The smallest absolute Gasteiger partial charge is 0.318 e. The fourth-order valence-corrected chi connectivity index (χ4v) is 1.79. The maximum absolute atomic E-state index is 5.38. The van der Waals surface area contributed by atoms with E-state index in [9.17, 15) is 0 Å². The first-order valence-corrected chi connectivity index (χ1v) is 4.89. The molecule has 6 nitrogen and oxygen atoms in total. The summed E-state index contributed by atoms with van der Waals surface area (Å²) in [7, 11) is 0. The lowest BCUT2D eigenvalue weighted by Gasteiger charge is -2.23. The van der Waals surface area contributed by atoms with Crippen molar-refractivity contribution in [3.63, 3.8) is 0 Å². The van der Waals surface area contributed by atoms with Gasteiger partial charge >= 0.3 is 6.01 Å². The number of nitrogens with zero attached hydrogens (tertiary/aromatic N) is 4. The number of hydrogen-bond acceptors (Lipinski definition) is 5. The molecular weight excluding hydrogens is 194 g/mol. The Morgan fingerprint density at radius 3 is 3.20 bits per heavy atom. The third-order valence-corrected chi connectivity index (χ3v) is 2.56. The first-order chi connectivity index (χ1) is 7.33. The van der Waals surface area contributed by atoms with Crippen molar-refractivity contribution in [2.75, 3.05) is 11.4 Å². The molecule has 1 aliphatic rings. The Morgan fingerprint density at radius 1 is 1.47 bits per heavy atom. The number of aromatic nitrogens is 4. The topological polar surface area (TPSA) is 70.8 Å². The molecule has 0 fully saturated rings. The van der Waals surface area contributed by atoms with Gasteiger partial charge in [-0.25, -0.2) is 4.98 Å². The number of nitrogens with one attached hydrogen (secondary N) is 1. The van der Waals surface area contributed by atoms with Crippen LogP contribution in [0.25, 0.3) is 0 Å². The zero-order valence-corrected chi connectivity index (χ0v) is 8.40. The van der Waals surface area contributed by atoms with Crippen molar-refractivity contribution in [3.8, 4) is 0 Å². The number of aryl methyl sites for hydroxylation is 1. The van der Waals surface area contributed by atoms with Gasteiger partial charge in [0.15, 0.2) is 0 Å². The molecule has 0 unspecified atom stereocenters. The molecule has 0 atom stereocenters. The summed E-state index contributed by atoms with van der Waals surface area (Å²) in [4.78, 5) is 9.42. The van der Waals surface area contributed by atoms with E-state index in [-0.39, 0.29) is 0 Å². The van der Waals surface area contributed by atoms with Gasteiger partial charge in [0.25, 0.3) is 0 Å². The molecule has 0 aliphatic carbocycles. The highest BCUT2D eigenvalue weighted by Gasteiger charge is 2.21. The Hall–Kier alpha value is -1.85. The lowest BCUT2D eigenvalue weighted by Crippen LogP contribution is -2.30. The quantitative estimate of drug-likeness (QED) is 0.740. The summed E-state index contributed by atoms with van der Waals surface area (Å²) in [5.74, 6) is 0.598. The largest absolute Gasteiger partial charge is 0.408 e. The number of fused-ring (bicyclic) bond motifs is 1. The van der Waals surface area contributed by atoms with Gasteiger partial charge in [-0.05, 0) is 0 Å². The molecule has 0 saturated heterocycles. The molecule has 0 radical (unpaired) electrons. The summed E-state index contributed by atoms with van der Waals surface area (Å²) in [5.41, 5.74) is 2.28. The molecule has 0 amide bonds. The van der Waals surface area contributed by atoms with Crippen molar-refractivity contribution in [1.82, 2.24) is 20.2 Å². The second-order valence-corrected chi connectivity index (χ2v) is 3.60. The fraction of sp³-hybridized carbons (Fsp3) is 0.444. The molecule has 0 saturated carbocycles. The van der Waals surface area contributed by atoms with Crippen molar-refractivity contribution < 1.29 is 4.42 Å². The van der Waals surface area contributed by atoms with Crippen LogP contribution in [0.5, 0.6) is 0 Å². The molecule has 6 heteroatoms. The molecule has 1 N–H and O–H groups in total. The van der Waals surface area contributed by atoms with Crippen LogP contribution in [-0.2, 0) is 13.0 Å². The molecule has 0 spiro atoms. The summed E-state index contributed by atoms with van der Waals surface area (Å²) in [6, 6.07) is 0.591. The molecule has 2 aromatic heterocycles. The highest BCUT2D eigenvalue weighted by atomic mass is 16.4. The first kappa shape index (κ1) is 8.46. The molecule has 2 aromatic rings. The lowest BCUT2D eigenvalue weighted by atomic mass is 10.1. The Balaban J connectivity index is 1.87. The summed E-state index contributed by atoms with van der Waals surface area (Å²) >= 11 is 0. The van der Waals surface area contributed by atoms with Crippen LogP contribution in [0.1, 0.15) is 17.3 Å². The number of rotatable bonds is 1. The van der Waals surface area contributed by atoms with E-state index in [4.69, 9.17) is 4.42 Å². The summed E-state index contributed by atoms with van der Waals surface area (Å²) in [5, 5.41) is 7.82. The van der Waals surface area contributed by atoms with Gasteiger partial charge in [0.1, 0.15) is 0 Å². The van der Waals surface area contributed by atoms with Crippen LogP contribution >= 0.6 is 0 Å². The second-order valence-electron chi connectivity index (χ2n) is 3.60. The van der Waals surface area contributed by atoms with E-state index >= 15 is 0 Å². The third kappa shape index (κ3) is 1.38.